The lowest BCUT2D eigenvalue weighted by molar-refractivity contribution is -0.138. The molecular weight excluding hydrogens is 232 g/mol. The topological polar surface area (TPSA) is 69.6 Å². The summed E-state index contributed by atoms with van der Waals surface area (Å²) in [6.45, 7) is 6.37. The third-order valence-electron chi connectivity index (χ3n) is 3.21. The van der Waals surface area contributed by atoms with Crippen LogP contribution in [-0.4, -0.2) is 48.1 Å². The second kappa shape index (κ2) is 7.36. The molecular formula is C13H24N2O3. The molecule has 0 aromatic carbocycles. The molecule has 1 rings (SSSR count). The van der Waals surface area contributed by atoms with Crippen LogP contribution in [0.4, 0.5) is 0 Å². The first-order valence-electron chi connectivity index (χ1n) is 6.68. The minimum Gasteiger partial charge on any atom is -0.480 e. The minimum absolute atomic E-state index is 0.192. The summed E-state index contributed by atoms with van der Waals surface area (Å²) in [5.41, 5.74) is 0. The van der Waals surface area contributed by atoms with E-state index in [1.807, 2.05) is 0 Å². The Morgan fingerprint density at radius 3 is 2.78 bits per heavy atom. The van der Waals surface area contributed by atoms with E-state index < -0.39 is 5.97 Å². The molecule has 0 saturated carbocycles. The summed E-state index contributed by atoms with van der Waals surface area (Å²) in [7, 11) is 0. The molecule has 1 amide bonds. The average Bonchev–Trinajstić information content (AvgIpc) is 2.26. The Labute approximate surface area is 109 Å². The van der Waals surface area contributed by atoms with Crippen LogP contribution in [0.25, 0.3) is 0 Å². The van der Waals surface area contributed by atoms with E-state index in [-0.39, 0.29) is 12.5 Å². The zero-order chi connectivity index (χ0) is 13.5. The summed E-state index contributed by atoms with van der Waals surface area (Å²) < 4.78 is 0. The van der Waals surface area contributed by atoms with Gasteiger partial charge in [-0.25, -0.2) is 0 Å². The third-order valence-corrected chi connectivity index (χ3v) is 3.21. The number of carbonyl (C=O) groups excluding carboxylic acids is 1. The highest BCUT2D eigenvalue weighted by atomic mass is 16.4. The van der Waals surface area contributed by atoms with Crippen molar-refractivity contribution in [3.63, 3.8) is 0 Å². The molecule has 2 N–H and O–H groups in total. The third kappa shape index (κ3) is 6.00. The molecule has 0 aromatic heterocycles. The highest BCUT2D eigenvalue weighted by Crippen LogP contribution is 2.22. The molecule has 0 spiro atoms. The van der Waals surface area contributed by atoms with Crippen LogP contribution in [0.2, 0.25) is 0 Å². The van der Waals surface area contributed by atoms with E-state index in [0.29, 0.717) is 18.4 Å². The van der Waals surface area contributed by atoms with Crippen LogP contribution in [0, 0.1) is 11.8 Å². The van der Waals surface area contributed by atoms with E-state index in [0.717, 1.165) is 19.5 Å². The molecule has 104 valence electrons. The highest BCUT2D eigenvalue weighted by Gasteiger charge is 2.22. The van der Waals surface area contributed by atoms with E-state index >= 15 is 0 Å². The van der Waals surface area contributed by atoms with Gasteiger partial charge in [0, 0.05) is 6.54 Å². The van der Waals surface area contributed by atoms with Crippen LogP contribution < -0.4 is 5.32 Å². The number of rotatable bonds is 6. The molecule has 0 radical (unpaired) electrons. The van der Waals surface area contributed by atoms with E-state index in [4.69, 9.17) is 5.11 Å². The lowest BCUT2D eigenvalue weighted by atomic mass is 9.90. The van der Waals surface area contributed by atoms with Crippen molar-refractivity contribution in [1.29, 1.82) is 0 Å². The first-order valence-corrected chi connectivity index (χ1v) is 6.68. The van der Waals surface area contributed by atoms with Crippen molar-refractivity contribution < 1.29 is 14.7 Å². The fraction of sp³-hybridized carbons (Fsp3) is 0.846. The predicted molar refractivity (Wildman–Crippen MR) is 69.3 cm³/mol. The number of carboxylic acids is 1. The highest BCUT2D eigenvalue weighted by molar-refractivity contribution is 5.82. The van der Waals surface area contributed by atoms with Crippen molar-refractivity contribution in [2.45, 2.75) is 33.1 Å². The van der Waals surface area contributed by atoms with Gasteiger partial charge >= 0.3 is 5.97 Å². The number of likely N-dealkylation sites (tertiary alicyclic amines) is 1. The van der Waals surface area contributed by atoms with Gasteiger partial charge in [-0.1, -0.05) is 13.8 Å². The zero-order valence-corrected chi connectivity index (χ0v) is 11.3. The summed E-state index contributed by atoms with van der Waals surface area (Å²) in [5.74, 6) is 0.170. The maximum Gasteiger partial charge on any atom is 0.322 e. The summed E-state index contributed by atoms with van der Waals surface area (Å²) in [6, 6.07) is 0. The Morgan fingerprint density at radius 1 is 1.44 bits per heavy atom. The van der Waals surface area contributed by atoms with Gasteiger partial charge in [0.25, 0.3) is 0 Å². The Morgan fingerprint density at radius 2 is 2.17 bits per heavy atom. The number of nitrogens with zero attached hydrogens (tertiary/aromatic N) is 1. The maximum absolute atomic E-state index is 11.5. The lowest BCUT2D eigenvalue weighted by Crippen LogP contribution is -2.43. The summed E-state index contributed by atoms with van der Waals surface area (Å²) >= 11 is 0. The van der Waals surface area contributed by atoms with Crippen molar-refractivity contribution in [3.8, 4) is 0 Å². The number of amides is 1. The molecule has 1 heterocycles. The van der Waals surface area contributed by atoms with Crippen molar-refractivity contribution >= 4 is 11.9 Å². The first-order chi connectivity index (χ1) is 8.47. The quantitative estimate of drug-likeness (QED) is 0.742. The van der Waals surface area contributed by atoms with Crippen LogP contribution in [0.1, 0.15) is 33.1 Å². The van der Waals surface area contributed by atoms with Crippen LogP contribution in [0.3, 0.4) is 0 Å². The van der Waals surface area contributed by atoms with Crippen molar-refractivity contribution in [1.82, 2.24) is 10.2 Å². The second-order valence-corrected chi connectivity index (χ2v) is 5.54. The molecule has 0 bridgehead atoms. The van der Waals surface area contributed by atoms with Gasteiger partial charge in [-0.3, -0.25) is 14.5 Å². The maximum atomic E-state index is 11.5. The second-order valence-electron chi connectivity index (χ2n) is 5.54. The number of nitrogens with one attached hydrogen (secondary N) is 1. The van der Waals surface area contributed by atoms with Gasteiger partial charge in [-0.05, 0) is 37.6 Å². The number of piperidine rings is 1. The van der Waals surface area contributed by atoms with Crippen LogP contribution in [-0.2, 0) is 9.59 Å². The largest absolute Gasteiger partial charge is 0.480 e. The van der Waals surface area contributed by atoms with Gasteiger partial charge in [0.1, 0.15) is 6.54 Å². The lowest BCUT2D eigenvalue weighted by Gasteiger charge is -2.33. The van der Waals surface area contributed by atoms with Gasteiger partial charge < -0.3 is 10.4 Å². The smallest absolute Gasteiger partial charge is 0.322 e. The fourth-order valence-corrected chi connectivity index (χ4v) is 2.59. The van der Waals surface area contributed by atoms with Gasteiger partial charge in [-0.15, -0.1) is 0 Å². The molecule has 0 aliphatic carbocycles. The van der Waals surface area contributed by atoms with E-state index in [9.17, 15) is 9.59 Å². The molecule has 1 unspecified atom stereocenters. The zero-order valence-electron chi connectivity index (χ0n) is 11.3. The number of hydrogen-bond donors (Lipinski definition) is 2. The monoisotopic (exact) mass is 256 g/mol. The number of carbonyl (C=O) groups is 2. The Kier molecular flexibility index (Phi) is 6.12. The Bertz CT molecular complexity index is 292. The summed E-state index contributed by atoms with van der Waals surface area (Å²) in [6.07, 6.45) is 3.57. The molecule has 0 aromatic rings. The van der Waals surface area contributed by atoms with Crippen molar-refractivity contribution in [3.05, 3.63) is 0 Å². The van der Waals surface area contributed by atoms with Gasteiger partial charge in [0.05, 0.1) is 6.54 Å². The van der Waals surface area contributed by atoms with Gasteiger partial charge in [0.15, 0.2) is 0 Å². The minimum atomic E-state index is -1.00. The van der Waals surface area contributed by atoms with Gasteiger partial charge in [0.2, 0.25) is 5.91 Å². The molecule has 5 nitrogen and oxygen atoms in total. The Balaban J connectivity index is 2.28. The molecule has 1 aliphatic heterocycles. The number of hydrogen-bond acceptors (Lipinski definition) is 3. The summed E-state index contributed by atoms with van der Waals surface area (Å²) in [5, 5.41) is 10.9. The Hall–Kier alpha value is -1.10. The van der Waals surface area contributed by atoms with E-state index in [2.05, 4.69) is 24.1 Å². The summed E-state index contributed by atoms with van der Waals surface area (Å²) in [4.78, 5) is 24.0. The van der Waals surface area contributed by atoms with Crippen LogP contribution >= 0.6 is 0 Å². The van der Waals surface area contributed by atoms with Crippen molar-refractivity contribution in [2.24, 2.45) is 11.8 Å². The molecule has 1 saturated heterocycles. The SMILES string of the molecule is CC(C)CC1CCCN(CC(=O)NCC(=O)O)C1. The first kappa shape index (κ1) is 15.0. The average molecular weight is 256 g/mol. The van der Waals surface area contributed by atoms with Crippen molar-refractivity contribution in [2.75, 3.05) is 26.2 Å². The van der Waals surface area contributed by atoms with E-state index in [1.54, 1.807) is 0 Å². The number of aliphatic carboxylic acids is 1. The molecule has 1 fully saturated rings. The molecule has 18 heavy (non-hydrogen) atoms. The standard InChI is InChI=1S/C13H24N2O3/c1-10(2)6-11-4-3-5-15(8-11)9-12(16)14-7-13(17)18/h10-11H,3-9H2,1-2H3,(H,14,16)(H,17,18). The molecule has 1 atom stereocenters. The fourth-order valence-electron chi connectivity index (χ4n) is 2.59. The molecule has 5 heteroatoms. The number of carboxylic acid groups (broad SMARTS) is 1. The van der Waals surface area contributed by atoms with Crippen LogP contribution in [0.5, 0.6) is 0 Å². The van der Waals surface area contributed by atoms with Gasteiger partial charge in [-0.2, -0.15) is 0 Å². The molecule has 1 aliphatic rings. The normalized spacial score (nSPS) is 20.9. The predicted octanol–water partition coefficient (Wildman–Crippen LogP) is 0.945. The van der Waals surface area contributed by atoms with Crippen LogP contribution in [0.15, 0.2) is 0 Å². The van der Waals surface area contributed by atoms with E-state index in [1.165, 1.54) is 12.8 Å².